The number of carbonyl (C=O) groups excluding carboxylic acids is 1. The van der Waals surface area contributed by atoms with Crippen molar-refractivity contribution in [3.63, 3.8) is 0 Å². The third-order valence-corrected chi connectivity index (χ3v) is 4.25. The quantitative estimate of drug-likeness (QED) is 0.583. The topological polar surface area (TPSA) is 46.5 Å². The van der Waals surface area contributed by atoms with Gasteiger partial charge in [-0.2, -0.15) is 0 Å². The number of Topliss-reactive ketones (excluding diaryl/α,β-unsaturated/α-hetero) is 1. The average Bonchev–Trinajstić information content (AvgIpc) is 2.95. The number of ketones is 1. The number of aliphatic hydroxyl groups is 1. The highest BCUT2D eigenvalue weighted by atomic mass is 16.6. The highest BCUT2D eigenvalue weighted by molar-refractivity contribution is 5.84. The first-order valence-corrected chi connectivity index (χ1v) is 6.28. The van der Waals surface area contributed by atoms with E-state index in [1.807, 2.05) is 0 Å². The summed E-state index contributed by atoms with van der Waals surface area (Å²) in [6, 6.07) is 0. The van der Waals surface area contributed by atoms with Gasteiger partial charge in [0.25, 0.3) is 0 Å². The van der Waals surface area contributed by atoms with E-state index in [4.69, 9.17) is 4.74 Å². The van der Waals surface area contributed by atoms with Gasteiger partial charge >= 0.3 is 0 Å². The van der Waals surface area contributed by atoms with E-state index in [1.54, 1.807) is 0 Å². The molecule has 3 aliphatic carbocycles. The highest BCUT2D eigenvalue weighted by Crippen LogP contribution is 2.45. The number of ether oxygens (including phenoxy) is 1. The van der Waals surface area contributed by atoms with Gasteiger partial charge < -0.3 is 9.84 Å². The van der Waals surface area contributed by atoms with Crippen LogP contribution >= 0.6 is 0 Å². The van der Waals surface area contributed by atoms with Crippen molar-refractivity contribution < 1.29 is 14.6 Å². The minimum atomic E-state index is -0.744. The zero-order valence-corrected chi connectivity index (χ0v) is 9.34. The number of hydrogen-bond donors (Lipinski definition) is 1. The van der Waals surface area contributed by atoms with E-state index < -0.39 is 6.29 Å². The van der Waals surface area contributed by atoms with Crippen molar-refractivity contribution in [1.29, 1.82) is 0 Å². The monoisotopic (exact) mass is 222 g/mol. The van der Waals surface area contributed by atoms with Gasteiger partial charge in [-0.1, -0.05) is 12.2 Å². The SMILES string of the molecule is O=C1CCCC1OC(O)C1CC2C=CC1C2. The van der Waals surface area contributed by atoms with Crippen LogP contribution in [0.15, 0.2) is 12.2 Å². The smallest absolute Gasteiger partial charge is 0.161 e. The molecule has 16 heavy (non-hydrogen) atoms. The second-order valence-electron chi connectivity index (χ2n) is 5.32. The van der Waals surface area contributed by atoms with Crippen LogP contribution in [0.5, 0.6) is 0 Å². The van der Waals surface area contributed by atoms with Crippen LogP contribution in [0.3, 0.4) is 0 Å². The van der Waals surface area contributed by atoms with Crippen molar-refractivity contribution in [2.75, 3.05) is 0 Å². The normalized spacial score (nSPS) is 43.2. The number of rotatable bonds is 3. The molecule has 1 N–H and O–H groups in total. The van der Waals surface area contributed by atoms with Crippen molar-refractivity contribution in [3.05, 3.63) is 12.2 Å². The summed E-state index contributed by atoms with van der Waals surface area (Å²) in [7, 11) is 0. The maximum Gasteiger partial charge on any atom is 0.161 e. The minimum absolute atomic E-state index is 0.165. The van der Waals surface area contributed by atoms with Gasteiger partial charge in [0.2, 0.25) is 0 Å². The molecular weight excluding hydrogens is 204 g/mol. The predicted molar refractivity (Wildman–Crippen MR) is 58.6 cm³/mol. The van der Waals surface area contributed by atoms with Crippen molar-refractivity contribution in [3.8, 4) is 0 Å². The molecule has 3 aliphatic rings. The Kier molecular flexibility index (Phi) is 2.60. The van der Waals surface area contributed by atoms with Crippen molar-refractivity contribution in [2.24, 2.45) is 17.8 Å². The first kappa shape index (κ1) is 10.5. The van der Waals surface area contributed by atoms with E-state index in [0.717, 1.165) is 25.7 Å². The molecule has 3 heteroatoms. The van der Waals surface area contributed by atoms with Gasteiger partial charge in [0.1, 0.15) is 6.10 Å². The molecule has 0 radical (unpaired) electrons. The van der Waals surface area contributed by atoms with Crippen LogP contribution in [0.4, 0.5) is 0 Å². The summed E-state index contributed by atoms with van der Waals surface area (Å²) in [6.07, 6.45) is 7.85. The molecule has 2 saturated carbocycles. The lowest BCUT2D eigenvalue weighted by Crippen LogP contribution is -2.32. The van der Waals surface area contributed by atoms with Gasteiger partial charge in [0, 0.05) is 12.3 Å². The number of fused-ring (bicyclic) bond motifs is 2. The molecule has 0 aromatic carbocycles. The third-order valence-electron chi connectivity index (χ3n) is 4.25. The summed E-state index contributed by atoms with van der Waals surface area (Å²) in [5, 5.41) is 10.0. The lowest BCUT2D eigenvalue weighted by molar-refractivity contribution is -0.175. The molecule has 5 atom stereocenters. The molecule has 5 unspecified atom stereocenters. The Labute approximate surface area is 95.5 Å². The van der Waals surface area contributed by atoms with E-state index in [0.29, 0.717) is 18.3 Å². The number of hydrogen-bond acceptors (Lipinski definition) is 3. The summed E-state index contributed by atoms with van der Waals surface area (Å²) in [6.45, 7) is 0. The van der Waals surface area contributed by atoms with Gasteiger partial charge in [-0.05, 0) is 37.5 Å². The summed E-state index contributed by atoms with van der Waals surface area (Å²) >= 11 is 0. The predicted octanol–water partition coefficient (Wildman–Crippen LogP) is 1.66. The summed E-state index contributed by atoms with van der Waals surface area (Å²) < 4.78 is 5.53. The van der Waals surface area contributed by atoms with Gasteiger partial charge in [-0.3, -0.25) is 4.79 Å². The Balaban J connectivity index is 1.59. The summed E-state index contributed by atoms with van der Waals surface area (Å²) in [5.41, 5.74) is 0. The molecule has 88 valence electrons. The van der Waals surface area contributed by atoms with Crippen molar-refractivity contribution >= 4 is 5.78 Å². The Morgan fingerprint density at radius 2 is 2.25 bits per heavy atom. The molecule has 2 fully saturated rings. The maximum absolute atomic E-state index is 11.4. The van der Waals surface area contributed by atoms with Gasteiger partial charge in [0.15, 0.2) is 12.1 Å². The average molecular weight is 222 g/mol. The van der Waals surface area contributed by atoms with Crippen molar-refractivity contribution in [1.82, 2.24) is 0 Å². The number of aliphatic hydroxyl groups excluding tert-OH is 1. The van der Waals surface area contributed by atoms with Gasteiger partial charge in [-0.25, -0.2) is 0 Å². The highest BCUT2D eigenvalue weighted by Gasteiger charge is 2.41. The molecule has 0 saturated heterocycles. The zero-order chi connectivity index (χ0) is 11.1. The molecular formula is C13H18O3. The first-order chi connectivity index (χ1) is 7.74. The van der Waals surface area contributed by atoms with E-state index in [2.05, 4.69) is 12.2 Å². The van der Waals surface area contributed by atoms with Crippen LogP contribution in [0.2, 0.25) is 0 Å². The van der Waals surface area contributed by atoms with Crippen LogP contribution in [0.1, 0.15) is 32.1 Å². The first-order valence-electron chi connectivity index (χ1n) is 6.28. The largest absolute Gasteiger partial charge is 0.368 e. The Morgan fingerprint density at radius 1 is 1.38 bits per heavy atom. The molecule has 0 aromatic rings. The fraction of sp³-hybridized carbons (Fsp3) is 0.769. The number of carbonyl (C=O) groups is 1. The van der Waals surface area contributed by atoms with Crippen LogP contribution in [0.25, 0.3) is 0 Å². The van der Waals surface area contributed by atoms with Crippen molar-refractivity contribution in [2.45, 2.75) is 44.5 Å². The molecule has 0 aliphatic heterocycles. The van der Waals surface area contributed by atoms with E-state index in [9.17, 15) is 9.90 Å². The second-order valence-corrected chi connectivity index (χ2v) is 5.32. The van der Waals surface area contributed by atoms with Gasteiger partial charge in [0.05, 0.1) is 0 Å². The van der Waals surface area contributed by atoms with Crippen LogP contribution in [-0.4, -0.2) is 23.3 Å². The Morgan fingerprint density at radius 3 is 2.81 bits per heavy atom. The molecule has 3 rings (SSSR count). The molecule has 0 heterocycles. The summed E-state index contributed by atoms with van der Waals surface area (Å²) in [5.74, 6) is 1.48. The standard InChI is InChI=1S/C13H18O3/c14-11-2-1-3-12(11)16-13(15)10-7-8-4-5-9(10)6-8/h4-5,8-10,12-13,15H,1-3,6-7H2. The minimum Gasteiger partial charge on any atom is -0.368 e. The lowest BCUT2D eigenvalue weighted by Gasteiger charge is -2.26. The maximum atomic E-state index is 11.4. The van der Waals surface area contributed by atoms with E-state index in [-0.39, 0.29) is 17.8 Å². The van der Waals surface area contributed by atoms with Gasteiger partial charge in [-0.15, -0.1) is 0 Å². The van der Waals surface area contributed by atoms with Crippen LogP contribution < -0.4 is 0 Å². The molecule has 0 amide bonds. The van der Waals surface area contributed by atoms with E-state index in [1.165, 1.54) is 0 Å². The Hall–Kier alpha value is -0.670. The lowest BCUT2D eigenvalue weighted by atomic mass is 9.93. The molecule has 0 spiro atoms. The second kappa shape index (κ2) is 3.97. The molecule has 0 aromatic heterocycles. The van der Waals surface area contributed by atoms with E-state index >= 15 is 0 Å². The van der Waals surface area contributed by atoms with Crippen LogP contribution in [0, 0.1) is 17.8 Å². The third kappa shape index (κ3) is 1.72. The number of allylic oxidation sites excluding steroid dienone is 2. The summed E-state index contributed by atoms with van der Waals surface area (Å²) in [4.78, 5) is 11.4. The Bertz CT molecular complexity index is 323. The fourth-order valence-corrected chi connectivity index (χ4v) is 3.35. The zero-order valence-electron chi connectivity index (χ0n) is 9.34. The fourth-order valence-electron chi connectivity index (χ4n) is 3.35. The molecule has 3 nitrogen and oxygen atoms in total. The molecule has 2 bridgehead atoms. The van der Waals surface area contributed by atoms with Crippen LogP contribution in [-0.2, 0) is 9.53 Å².